The number of aromatic nitrogens is 3. The number of para-hydroxylation sites is 1. The topological polar surface area (TPSA) is 86.7 Å². The van der Waals surface area contributed by atoms with Gasteiger partial charge in [0.1, 0.15) is 6.61 Å². The second-order valence-corrected chi connectivity index (χ2v) is 10.1. The maximum absolute atomic E-state index is 13.1. The lowest BCUT2D eigenvalue weighted by atomic mass is 10.1. The fraction of sp³-hybridized carbons (Fsp3) is 0.333. The van der Waals surface area contributed by atoms with Gasteiger partial charge in [0.2, 0.25) is 23.2 Å². The molecule has 0 fully saturated rings. The maximum atomic E-state index is 13.1. The van der Waals surface area contributed by atoms with E-state index >= 15 is 0 Å². The molecule has 2 aromatic carbocycles. The molecule has 4 rings (SSSR count). The number of carbonyl (C=O) groups excluding carboxylic acids is 1. The van der Waals surface area contributed by atoms with Gasteiger partial charge in [0, 0.05) is 23.8 Å². The standard InChI is InChI=1S/C27H29BrN4O4S/c1-5-8-14-37-27-29-25-23(30-31-27)19-11-9-10-12-21(19)32(17(4)33)26(36-25)18-15-20(28)24(35-13-6-2)22(16-18)34-7-3/h6,9-12,15-16,26H,2,5,7-8,13-14H2,1,3-4H3/t26-/m0/s1. The Labute approximate surface area is 229 Å². The van der Waals surface area contributed by atoms with Gasteiger partial charge in [0.25, 0.3) is 0 Å². The molecule has 0 unspecified atom stereocenters. The first-order valence-electron chi connectivity index (χ1n) is 12.1. The number of carbonyl (C=O) groups is 1. The van der Waals surface area contributed by atoms with Crippen LogP contribution in [-0.4, -0.2) is 40.1 Å². The molecule has 37 heavy (non-hydrogen) atoms. The molecule has 1 aliphatic heterocycles. The Kier molecular flexibility index (Phi) is 9.04. The van der Waals surface area contributed by atoms with Crippen LogP contribution >= 0.6 is 27.7 Å². The van der Waals surface area contributed by atoms with Gasteiger partial charge >= 0.3 is 0 Å². The first kappa shape index (κ1) is 26.9. The maximum Gasteiger partial charge on any atom is 0.247 e. The minimum Gasteiger partial charge on any atom is -0.490 e. The third kappa shape index (κ3) is 5.91. The number of amides is 1. The summed E-state index contributed by atoms with van der Waals surface area (Å²) in [6.45, 7) is 10.0. The molecule has 0 saturated carbocycles. The first-order valence-corrected chi connectivity index (χ1v) is 13.9. The van der Waals surface area contributed by atoms with Crippen molar-refractivity contribution in [1.29, 1.82) is 0 Å². The van der Waals surface area contributed by atoms with Crippen LogP contribution in [0.2, 0.25) is 0 Å². The average Bonchev–Trinajstić information content (AvgIpc) is 3.03. The summed E-state index contributed by atoms with van der Waals surface area (Å²) < 4.78 is 18.9. The summed E-state index contributed by atoms with van der Waals surface area (Å²) in [5.74, 6) is 2.07. The second-order valence-electron chi connectivity index (χ2n) is 8.19. The van der Waals surface area contributed by atoms with Gasteiger partial charge in [0.05, 0.1) is 16.8 Å². The molecule has 1 aliphatic rings. The molecule has 1 aromatic heterocycles. The van der Waals surface area contributed by atoms with Gasteiger partial charge in [0.15, 0.2) is 17.2 Å². The number of rotatable bonds is 10. The third-order valence-electron chi connectivity index (χ3n) is 5.54. The Morgan fingerprint density at radius 2 is 2.05 bits per heavy atom. The molecule has 0 spiro atoms. The highest BCUT2D eigenvalue weighted by molar-refractivity contribution is 9.10. The van der Waals surface area contributed by atoms with Gasteiger partial charge in [-0.05, 0) is 47.5 Å². The molecule has 0 aliphatic carbocycles. The Balaban J connectivity index is 1.86. The van der Waals surface area contributed by atoms with Gasteiger partial charge in [-0.2, -0.15) is 4.98 Å². The SMILES string of the molecule is C=CCOc1c(Br)cc([C@@H]2Oc3nc(SCCCC)nnc3-c3ccccc3N2C(C)=O)cc1OCC. The minimum atomic E-state index is -0.839. The highest BCUT2D eigenvalue weighted by Crippen LogP contribution is 2.46. The van der Waals surface area contributed by atoms with E-state index in [9.17, 15) is 4.79 Å². The number of hydrogen-bond donors (Lipinski definition) is 0. The Morgan fingerprint density at radius 1 is 1.24 bits per heavy atom. The zero-order chi connectivity index (χ0) is 26.4. The molecule has 2 heterocycles. The number of halogens is 1. The van der Waals surface area contributed by atoms with Crippen LogP contribution in [0.5, 0.6) is 17.4 Å². The van der Waals surface area contributed by atoms with E-state index in [2.05, 4.69) is 39.6 Å². The van der Waals surface area contributed by atoms with Crippen molar-refractivity contribution in [3.05, 3.63) is 59.1 Å². The largest absolute Gasteiger partial charge is 0.490 e. The number of benzene rings is 2. The lowest BCUT2D eigenvalue weighted by molar-refractivity contribution is -0.118. The predicted molar refractivity (Wildman–Crippen MR) is 148 cm³/mol. The van der Waals surface area contributed by atoms with Crippen LogP contribution in [0.3, 0.4) is 0 Å². The lowest BCUT2D eigenvalue weighted by Crippen LogP contribution is -2.36. The molecular weight excluding hydrogens is 556 g/mol. The van der Waals surface area contributed by atoms with Gasteiger partial charge in [-0.15, -0.1) is 10.2 Å². The molecule has 0 radical (unpaired) electrons. The summed E-state index contributed by atoms with van der Waals surface area (Å²) >= 11 is 5.15. The van der Waals surface area contributed by atoms with Crippen LogP contribution in [0.4, 0.5) is 5.69 Å². The van der Waals surface area contributed by atoms with Crippen molar-refractivity contribution in [2.45, 2.75) is 45.0 Å². The van der Waals surface area contributed by atoms with Gasteiger partial charge in [-0.3, -0.25) is 9.69 Å². The minimum absolute atomic E-state index is 0.197. The predicted octanol–water partition coefficient (Wildman–Crippen LogP) is 6.60. The van der Waals surface area contributed by atoms with Crippen molar-refractivity contribution in [2.24, 2.45) is 0 Å². The van der Waals surface area contributed by atoms with Crippen LogP contribution in [-0.2, 0) is 4.79 Å². The van der Waals surface area contributed by atoms with Crippen molar-refractivity contribution >= 4 is 39.3 Å². The van der Waals surface area contributed by atoms with Crippen molar-refractivity contribution in [1.82, 2.24) is 15.2 Å². The van der Waals surface area contributed by atoms with E-state index in [4.69, 9.17) is 19.2 Å². The van der Waals surface area contributed by atoms with Gasteiger partial charge in [-0.25, -0.2) is 0 Å². The van der Waals surface area contributed by atoms with E-state index < -0.39 is 6.23 Å². The summed E-state index contributed by atoms with van der Waals surface area (Å²) in [5.41, 5.74) is 2.54. The molecular formula is C27H29BrN4O4S. The van der Waals surface area contributed by atoms with Crippen molar-refractivity contribution < 1.29 is 19.0 Å². The first-order chi connectivity index (χ1) is 18.0. The number of ether oxygens (including phenoxy) is 3. The smallest absolute Gasteiger partial charge is 0.247 e. The van der Waals surface area contributed by atoms with E-state index in [0.29, 0.717) is 57.2 Å². The number of nitrogens with zero attached hydrogens (tertiary/aromatic N) is 4. The highest BCUT2D eigenvalue weighted by atomic mass is 79.9. The van der Waals surface area contributed by atoms with Crippen LogP contribution in [0.15, 0.2) is 58.7 Å². The lowest BCUT2D eigenvalue weighted by Gasteiger charge is -2.30. The molecule has 1 atom stereocenters. The number of unbranched alkanes of at least 4 members (excludes halogenated alkanes) is 1. The molecule has 0 saturated heterocycles. The third-order valence-corrected chi connectivity index (χ3v) is 7.06. The highest BCUT2D eigenvalue weighted by Gasteiger charge is 2.35. The zero-order valence-electron chi connectivity index (χ0n) is 21.1. The molecule has 1 amide bonds. The number of thioether (sulfide) groups is 1. The van der Waals surface area contributed by atoms with Crippen molar-refractivity contribution in [3.8, 4) is 28.6 Å². The molecule has 0 bridgehead atoms. The van der Waals surface area contributed by atoms with E-state index in [1.807, 2.05) is 43.3 Å². The van der Waals surface area contributed by atoms with E-state index in [-0.39, 0.29) is 5.91 Å². The summed E-state index contributed by atoms with van der Waals surface area (Å²) in [5, 5.41) is 9.34. The fourth-order valence-corrected chi connectivity index (χ4v) is 5.35. The summed E-state index contributed by atoms with van der Waals surface area (Å²) in [6.07, 6.45) is 2.95. The summed E-state index contributed by atoms with van der Waals surface area (Å²) in [6, 6.07) is 11.2. The van der Waals surface area contributed by atoms with Crippen LogP contribution in [0, 0.1) is 0 Å². The number of fused-ring (bicyclic) bond motifs is 3. The van der Waals surface area contributed by atoms with Crippen molar-refractivity contribution in [3.63, 3.8) is 0 Å². The van der Waals surface area contributed by atoms with Gasteiger partial charge in [-0.1, -0.05) is 56.0 Å². The zero-order valence-corrected chi connectivity index (χ0v) is 23.5. The van der Waals surface area contributed by atoms with E-state index in [1.165, 1.54) is 18.7 Å². The molecule has 0 N–H and O–H groups in total. The molecule has 8 nitrogen and oxygen atoms in total. The monoisotopic (exact) mass is 584 g/mol. The number of hydrogen-bond acceptors (Lipinski definition) is 8. The van der Waals surface area contributed by atoms with E-state index in [1.54, 1.807) is 11.0 Å². The van der Waals surface area contributed by atoms with Crippen LogP contribution in [0.25, 0.3) is 11.3 Å². The fourth-order valence-electron chi connectivity index (χ4n) is 3.91. The molecule has 194 valence electrons. The normalized spacial score (nSPS) is 14.2. The van der Waals surface area contributed by atoms with Crippen LogP contribution in [0.1, 0.15) is 45.4 Å². The van der Waals surface area contributed by atoms with E-state index in [0.717, 1.165) is 24.2 Å². The number of anilines is 1. The summed E-state index contributed by atoms with van der Waals surface area (Å²) in [7, 11) is 0. The molecule has 10 heteroatoms. The average molecular weight is 586 g/mol. The van der Waals surface area contributed by atoms with Gasteiger partial charge < -0.3 is 14.2 Å². The quantitative estimate of drug-likeness (QED) is 0.150. The Bertz CT molecular complexity index is 1290. The Hall–Kier alpha value is -3.11. The summed E-state index contributed by atoms with van der Waals surface area (Å²) in [4.78, 5) is 19.4. The van der Waals surface area contributed by atoms with Crippen LogP contribution < -0.4 is 19.1 Å². The Morgan fingerprint density at radius 3 is 2.78 bits per heavy atom. The second kappa shape index (κ2) is 12.4. The van der Waals surface area contributed by atoms with Crippen molar-refractivity contribution in [2.75, 3.05) is 23.9 Å². The molecule has 3 aromatic rings.